The first kappa shape index (κ1) is 14.3. The number of rotatable bonds is 2. The molecule has 3 rings (SSSR count). The van der Waals surface area contributed by atoms with Crippen LogP contribution < -0.4 is 5.32 Å². The van der Waals surface area contributed by atoms with Gasteiger partial charge in [0.05, 0.1) is 10.9 Å². The van der Waals surface area contributed by atoms with Crippen LogP contribution >= 0.6 is 11.8 Å². The van der Waals surface area contributed by atoms with E-state index < -0.39 is 0 Å². The molecule has 0 spiro atoms. The van der Waals surface area contributed by atoms with E-state index in [0.717, 1.165) is 12.8 Å². The fourth-order valence-corrected chi connectivity index (χ4v) is 3.48. The number of hydrogen-bond acceptors (Lipinski definition) is 3. The number of nitrogens with zero attached hydrogens (tertiary/aromatic N) is 1. The Bertz CT molecular complexity index is 606. The molecule has 1 aromatic carbocycles. The molecule has 1 heterocycles. The summed E-state index contributed by atoms with van der Waals surface area (Å²) >= 11 is 1.30. The van der Waals surface area contributed by atoms with Crippen LogP contribution in [0.5, 0.6) is 0 Å². The van der Waals surface area contributed by atoms with Crippen LogP contribution in [0, 0.1) is 5.82 Å². The Morgan fingerprint density at radius 1 is 1.24 bits per heavy atom. The minimum absolute atomic E-state index is 0.196. The predicted molar refractivity (Wildman–Crippen MR) is 84.4 cm³/mol. The number of nitrogens with one attached hydrogen (secondary N) is 1. The van der Waals surface area contributed by atoms with E-state index in [1.165, 1.54) is 37.1 Å². The third-order valence-corrected chi connectivity index (χ3v) is 4.64. The van der Waals surface area contributed by atoms with Crippen LogP contribution in [-0.4, -0.2) is 17.1 Å². The molecule has 1 amide bonds. The van der Waals surface area contributed by atoms with Gasteiger partial charge in [0.1, 0.15) is 5.82 Å². The van der Waals surface area contributed by atoms with Gasteiger partial charge in [-0.1, -0.05) is 37.5 Å². The molecule has 2 aliphatic rings. The number of aliphatic imine (C=N–C) groups is 1. The maximum Gasteiger partial charge on any atom is 0.264 e. The van der Waals surface area contributed by atoms with Gasteiger partial charge in [-0.2, -0.15) is 0 Å². The number of hydrogen-bond donors (Lipinski definition) is 1. The molecule has 1 N–H and O–H groups in total. The van der Waals surface area contributed by atoms with Crippen molar-refractivity contribution in [3.8, 4) is 0 Å². The molecule has 1 aromatic rings. The van der Waals surface area contributed by atoms with Crippen molar-refractivity contribution in [3.63, 3.8) is 0 Å². The first-order chi connectivity index (χ1) is 10.2. The average molecular weight is 304 g/mol. The minimum Gasteiger partial charge on any atom is -0.301 e. The predicted octanol–water partition coefficient (Wildman–Crippen LogP) is 3.72. The molecular weight excluding hydrogens is 287 g/mol. The van der Waals surface area contributed by atoms with E-state index in [9.17, 15) is 9.18 Å². The van der Waals surface area contributed by atoms with Gasteiger partial charge >= 0.3 is 0 Å². The van der Waals surface area contributed by atoms with Crippen molar-refractivity contribution in [2.24, 2.45) is 4.99 Å². The highest BCUT2D eigenvalue weighted by atomic mass is 32.2. The summed E-state index contributed by atoms with van der Waals surface area (Å²) in [7, 11) is 0. The van der Waals surface area contributed by atoms with E-state index >= 15 is 0 Å². The SMILES string of the molecule is O=C1NC(=NC2CCCCC2)SC1=Cc1ccccc1F. The van der Waals surface area contributed by atoms with Gasteiger partial charge in [0.2, 0.25) is 0 Å². The summed E-state index contributed by atoms with van der Waals surface area (Å²) in [5.41, 5.74) is 0.425. The van der Waals surface area contributed by atoms with Crippen molar-refractivity contribution in [1.82, 2.24) is 5.32 Å². The molecule has 0 radical (unpaired) electrons. The van der Waals surface area contributed by atoms with E-state index in [-0.39, 0.29) is 11.7 Å². The normalized spacial score (nSPS) is 23.8. The summed E-state index contributed by atoms with van der Waals surface area (Å²) in [6.45, 7) is 0. The molecule has 0 aromatic heterocycles. The second kappa shape index (κ2) is 6.43. The smallest absolute Gasteiger partial charge is 0.264 e. The number of thioether (sulfide) groups is 1. The summed E-state index contributed by atoms with van der Waals surface area (Å²) < 4.78 is 13.6. The van der Waals surface area contributed by atoms with Crippen LogP contribution in [-0.2, 0) is 4.79 Å². The van der Waals surface area contributed by atoms with Gasteiger partial charge < -0.3 is 5.32 Å². The Labute approximate surface area is 127 Å². The Morgan fingerprint density at radius 2 is 2.00 bits per heavy atom. The Kier molecular flexibility index (Phi) is 4.39. The molecule has 1 saturated carbocycles. The second-order valence-electron chi connectivity index (χ2n) is 5.31. The first-order valence-electron chi connectivity index (χ1n) is 7.25. The number of carbonyl (C=O) groups excluding carboxylic acids is 1. The molecule has 2 fully saturated rings. The standard InChI is InChI=1S/C16H17FN2OS/c17-13-9-5-4-6-11(13)10-14-15(20)19-16(21-14)18-12-7-2-1-3-8-12/h4-6,9-10,12H,1-3,7-8H2,(H,18,19,20). The number of benzene rings is 1. The van der Waals surface area contributed by atoms with Crippen LogP contribution in [0.4, 0.5) is 4.39 Å². The fourth-order valence-electron chi connectivity index (χ4n) is 2.60. The van der Waals surface area contributed by atoms with E-state index in [1.807, 2.05) is 0 Å². The monoisotopic (exact) mass is 304 g/mol. The van der Waals surface area contributed by atoms with E-state index in [4.69, 9.17) is 0 Å². The molecule has 110 valence electrons. The zero-order valence-electron chi connectivity index (χ0n) is 11.6. The highest BCUT2D eigenvalue weighted by Gasteiger charge is 2.25. The van der Waals surface area contributed by atoms with Gasteiger partial charge in [-0.15, -0.1) is 0 Å². The summed E-state index contributed by atoms with van der Waals surface area (Å²) in [6.07, 6.45) is 7.45. The van der Waals surface area contributed by atoms with Gasteiger partial charge in [0.15, 0.2) is 5.17 Å². The number of amides is 1. The zero-order chi connectivity index (χ0) is 14.7. The summed E-state index contributed by atoms with van der Waals surface area (Å²) in [4.78, 5) is 17.0. The molecule has 0 atom stereocenters. The van der Waals surface area contributed by atoms with Crippen molar-refractivity contribution in [2.45, 2.75) is 38.1 Å². The van der Waals surface area contributed by atoms with E-state index in [1.54, 1.807) is 24.3 Å². The molecule has 21 heavy (non-hydrogen) atoms. The Balaban J connectivity index is 1.75. The summed E-state index contributed by atoms with van der Waals surface area (Å²) in [5.74, 6) is -0.520. The quantitative estimate of drug-likeness (QED) is 0.846. The van der Waals surface area contributed by atoms with E-state index in [2.05, 4.69) is 10.3 Å². The van der Waals surface area contributed by atoms with Gasteiger partial charge in [-0.3, -0.25) is 9.79 Å². The fraction of sp³-hybridized carbons (Fsp3) is 0.375. The molecule has 3 nitrogen and oxygen atoms in total. The zero-order valence-corrected chi connectivity index (χ0v) is 12.5. The van der Waals surface area contributed by atoms with Crippen molar-refractivity contribution >= 4 is 28.9 Å². The largest absolute Gasteiger partial charge is 0.301 e. The first-order valence-corrected chi connectivity index (χ1v) is 8.07. The van der Waals surface area contributed by atoms with Crippen molar-refractivity contribution in [2.75, 3.05) is 0 Å². The van der Waals surface area contributed by atoms with Crippen LogP contribution in [0.3, 0.4) is 0 Å². The maximum absolute atomic E-state index is 13.6. The molecule has 0 bridgehead atoms. The second-order valence-corrected chi connectivity index (χ2v) is 6.34. The highest BCUT2D eigenvalue weighted by molar-refractivity contribution is 8.18. The van der Waals surface area contributed by atoms with Crippen molar-refractivity contribution < 1.29 is 9.18 Å². The number of halogens is 1. The minimum atomic E-state index is -0.323. The number of amidine groups is 1. The lowest BCUT2D eigenvalue weighted by molar-refractivity contribution is -0.115. The topological polar surface area (TPSA) is 41.5 Å². The van der Waals surface area contributed by atoms with Crippen LogP contribution in [0.25, 0.3) is 6.08 Å². The lowest BCUT2D eigenvalue weighted by Crippen LogP contribution is -2.22. The van der Waals surface area contributed by atoms with Crippen molar-refractivity contribution in [3.05, 3.63) is 40.6 Å². The van der Waals surface area contributed by atoms with Gasteiger partial charge in [0.25, 0.3) is 5.91 Å². The van der Waals surface area contributed by atoms with E-state index in [0.29, 0.717) is 21.7 Å². The Hall–Kier alpha value is -1.62. The maximum atomic E-state index is 13.6. The lowest BCUT2D eigenvalue weighted by atomic mass is 9.96. The molecule has 5 heteroatoms. The van der Waals surface area contributed by atoms with Crippen LogP contribution in [0.2, 0.25) is 0 Å². The summed E-state index contributed by atoms with van der Waals surface area (Å²) in [6, 6.07) is 6.75. The Morgan fingerprint density at radius 3 is 2.76 bits per heavy atom. The van der Waals surface area contributed by atoms with Gasteiger partial charge in [-0.25, -0.2) is 4.39 Å². The third kappa shape index (κ3) is 3.53. The van der Waals surface area contributed by atoms with Gasteiger partial charge in [0, 0.05) is 5.56 Å². The highest BCUT2D eigenvalue weighted by Crippen LogP contribution is 2.29. The van der Waals surface area contributed by atoms with Crippen LogP contribution in [0.15, 0.2) is 34.2 Å². The lowest BCUT2D eigenvalue weighted by Gasteiger charge is -2.17. The molecular formula is C16H17FN2OS. The average Bonchev–Trinajstić information content (AvgIpc) is 2.82. The van der Waals surface area contributed by atoms with Crippen LogP contribution in [0.1, 0.15) is 37.7 Å². The molecule has 1 aliphatic carbocycles. The van der Waals surface area contributed by atoms with Crippen molar-refractivity contribution in [1.29, 1.82) is 0 Å². The summed E-state index contributed by atoms with van der Waals surface area (Å²) in [5, 5.41) is 3.42. The van der Waals surface area contributed by atoms with Gasteiger partial charge in [-0.05, 0) is 36.7 Å². The number of carbonyl (C=O) groups is 1. The third-order valence-electron chi connectivity index (χ3n) is 3.72. The molecule has 1 aliphatic heterocycles. The molecule has 0 unspecified atom stereocenters. The molecule has 1 saturated heterocycles.